The number of hydrogen-bond donors (Lipinski definition) is 2. The molecule has 0 bridgehead atoms. The first-order valence-electron chi connectivity index (χ1n) is 11.5. The van der Waals surface area contributed by atoms with E-state index < -0.39 is 0 Å². The molecule has 0 spiro atoms. The number of para-hydroxylation sites is 1. The van der Waals surface area contributed by atoms with Gasteiger partial charge in [0, 0.05) is 61.6 Å². The number of carbonyl (C=O) groups is 1. The van der Waals surface area contributed by atoms with E-state index in [9.17, 15) is 4.79 Å². The molecule has 1 fully saturated rings. The van der Waals surface area contributed by atoms with Crippen LogP contribution in [-0.4, -0.2) is 59.8 Å². The summed E-state index contributed by atoms with van der Waals surface area (Å²) >= 11 is 0. The van der Waals surface area contributed by atoms with Gasteiger partial charge in [-0.3, -0.25) is 4.90 Å². The van der Waals surface area contributed by atoms with E-state index in [1.165, 1.54) is 5.69 Å². The minimum Gasteiger partial charge on any atom is -0.369 e. The number of aromatic nitrogens is 2. The number of carbonyl (C=O) groups excluding carboxylic acids is 1. The largest absolute Gasteiger partial charge is 0.369 e. The van der Waals surface area contributed by atoms with Crippen LogP contribution in [0.25, 0.3) is 11.5 Å². The third kappa shape index (κ3) is 5.90. The average molecular weight is 449 g/mol. The number of hydrogen-bond acceptors (Lipinski definition) is 6. The van der Waals surface area contributed by atoms with Crippen molar-refractivity contribution in [2.75, 3.05) is 42.9 Å². The highest BCUT2D eigenvalue weighted by atomic mass is 16.5. The summed E-state index contributed by atoms with van der Waals surface area (Å²) in [5.41, 5.74) is 2.81. The first-order valence-corrected chi connectivity index (χ1v) is 11.5. The average Bonchev–Trinajstić information content (AvgIpc) is 3.34. The Morgan fingerprint density at radius 2 is 1.70 bits per heavy atom. The Hall–Kier alpha value is -3.39. The lowest BCUT2D eigenvalue weighted by Gasteiger charge is -2.39. The van der Waals surface area contributed by atoms with Crippen LogP contribution in [0.5, 0.6) is 0 Å². The van der Waals surface area contributed by atoms with Crippen molar-refractivity contribution in [3.63, 3.8) is 0 Å². The molecule has 33 heavy (non-hydrogen) atoms. The number of piperazine rings is 1. The zero-order valence-electron chi connectivity index (χ0n) is 19.5. The maximum Gasteiger partial charge on any atom is 0.319 e. The Kier molecular flexibility index (Phi) is 7.24. The summed E-state index contributed by atoms with van der Waals surface area (Å²) in [6, 6.07) is 18.0. The second-order valence-corrected chi connectivity index (χ2v) is 8.73. The van der Waals surface area contributed by atoms with Crippen molar-refractivity contribution in [3.8, 4) is 11.5 Å². The van der Waals surface area contributed by atoms with Crippen LogP contribution in [0.2, 0.25) is 0 Å². The summed E-state index contributed by atoms with van der Waals surface area (Å²) < 4.78 is 5.32. The van der Waals surface area contributed by atoms with Gasteiger partial charge in [-0.25, -0.2) is 4.79 Å². The minimum absolute atomic E-state index is 0.210. The van der Waals surface area contributed by atoms with Crippen molar-refractivity contribution >= 4 is 17.4 Å². The van der Waals surface area contributed by atoms with Crippen molar-refractivity contribution in [2.24, 2.45) is 0 Å². The predicted molar refractivity (Wildman–Crippen MR) is 131 cm³/mol. The Morgan fingerprint density at radius 1 is 1.00 bits per heavy atom. The summed E-state index contributed by atoms with van der Waals surface area (Å²) in [5, 5.41) is 9.86. The van der Waals surface area contributed by atoms with Crippen molar-refractivity contribution in [1.82, 2.24) is 20.4 Å². The molecule has 4 rings (SSSR count). The fraction of sp³-hybridized carbons (Fsp3) is 0.400. The summed E-state index contributed by atoms with van der Waals surface area (Å²) in [6.07, 6.45) is 0. The molecule has 1 unspecified atom stereocenters. The smallest absolute Gasteiger partial charge is 0.319 e. The van der Waals surface area contributed by atoms with Gasteiger partial charge in [-0.15, -0.1) is 0 Å². The minimum atomic E-state index is -0.211. The molecule has 1 atom stereocenters. The van der Waals surface area contributed by atoms with Gasteiger partial charge in [-0.05, 0) is 43.3 Å². The molecule has 2 heterocycles. The van der Waals surface area contributed by atoms with Gasteiger partial charge >= 0.3 is 6.03 Å². The number of nitrogens with zero attached hydrogens (tertiary/aromatic N) is 4. The van der Waals surface area contributed by atoms with Crippen LogP contribution in [0.15, 0.2) is 59.1 Å². The van der Waals surface area contributed by atoms with Crippen molar-refractivity contribution < 1.29 is 9.32 Å². The highest BCUT2D eigenvalue weighted by Gasteiger charge is 2.21. The second-order valence-electron chi connectivity index (χ2n) is 8.73. The van der Waals surface area contributed by atoms with Crippen molar-refractivity contribution in [1.29, 1.82) is 0 Å². The van der Waals surface area contributed by atoms with Crippen LogP contribution in [0.4, 0.5) is 16.2 Å². The molecular weight excluding hydrogens is 416 g/mol. The molecule has 8 nitrogen and oxygen atoms in total. The van der Waals surface area contributed by atoms with Crippen LogP contribution < -0.4 is 15.5 Å². The Morgan fingerprint density at radius 3 is 2.33 bits per heavy atom. The first kappa shape index (κ1) is 22.8. The fourth-order valence-corrected chi connectivity index (χ4v) is 3.89. The molecule has 3 aromatic rings. The summed E-state index contributed by atoms with van der Waals surface area (Å²) in [7, 11) is 0. The first-order chi connectivity index (χ1) is 16.0. The molecule has 1 aromatic heterocycles. The van der Waals surface area contributed by atoms with Crippen LogP contribution in [0.3, 0.4) is 0 Å². The number of benzene rings is 2. The van der Waals surface area contributed by atoms with Crippen molar-refractivity contribution in [2.45, 2.75) is 32.7 Å². The molecule has 0 aliphatic carbocycles. The third-order valence-corrected chi connectivity index (χ3v) is 5.96. The normalized spacial score (nSPS) is 15.5. The lowest BCUT2D eigenvalue weighted by Crippen LogP contribution is -2.52. The van der Waals surface area contributed by atoms with Gasteiger partial charge < -0.3 is 20.1 Å². The number of nitrogens with one attached hydrogen (secondary N) is 2. The van der Waals surface area contributed by atoms with Gasteiger partial charge in [0.1, 0.15) is 0 Å². The number of urea groups is 1. The Balaban J connectivity index is 1.21. The highest BCUT2D eigenvalue weighted by molar-refractivity contribution is 5.89. The summed E-state index contributed by atoms with van der Waals surface area (Å²) in [6.45, 7) is 10.7. The molecule has 1 aliphatic rings. The Labute approximate surface area is 195 Å². The van der Waals surface area contributed by atoms with E-state index in [2.05, 4.69) is 61.8 Å². The molecular formula is C25H32N6O2. The second kappa shape index (κ2) is 10.5. The van der Waals surface area contributed by atoms with Crippen LogP contribution in [0.1, 0.15) is 32.5 Å². The molecule has 174 valence electrons. The van der Waals surface area contributed by atoms with E-state index in [0.717, 1.165) is 31.7 Å². The van der Waals surface area contributed by atoms with Gasteiger partial charge in [0.2, 0.25) is 0 Å². The van der Waals surface area contributed by atoms with Crippen molar-refractivity contribution in [3.05, 3.63) is 60.4 Å². The van der Waals surface area contributed by atoms with Gasteiger partial charge in [0.15, 0.2) is 5.82 Å². The monoisotopic (exact) mass is 448 g/mol. The maximum absolute atomic E-state index is 12.4. The fourth-order valence-electron chi connectivity index (χ4n) is 3.89. The van der Waals surface area contributed by atoms with Gasteiger partial charge in [-0.2, -0.15) is 4.98 Å². The molecule has 1 aliphatic heterocycles. The van der Waals surface area contributed by atoms with E-state index in [1.54, 1.807) is 0 Å². The summed E-state index contributed by atoms with van der Waals surface area (Å²) in [4.78, 5) is 21.6. The Bertz CT molecular complexity index is 1030. The molecule has 0 saturated carbocycles. The number of rotatable bonds is 7. The van der Waals surface area contributed by atoms with E-state index in [4.69, 9.17) is 4.52 Å². The quantitative estimate of drug-likeness (QED) is 0.564. The van der Waals surface area contributed by atoms with Crippen LogP contribution >= 0.6 is 0 Å². The molecule has 8 heteroatoms. The lowest BCUT2D eigenvalue weighted by molar-refractivity contribution is 0.192. The SMILES string of the molecule is CC(C)c1noc(-c2ccc(NC(=O)NCC(C)N3CCN(c4ccccc4)CC3)cc2)n1. The zero-order chi connectivity index (χ0) is 23.2. The standard InChI is InChI=1S/C25H32N6O2/c1-18(2)23-28-24(33-29-23)20-9-11-21(12-10-20)27-25(32)26-17-19(3)30-13-15-31(16-14-30)22-7-5-4-6-8-22/h4-12,18-19H,13-17H2,1-3H3,(H2,26,27,32). The van der Waals surface area contributed by atoms with E-state index in [0.29, 0.717) is 23.9 Å². The lowest BCUT2D eigenvalue weighted by atomic mass is 10.2. The number of amides is 2. The molecule has 2 amide bonds. The van der Waals surface area contributed by atoms with Gasteiger partial charge in [0.05, 0.1) is 0 Å². The summed E-state index contributed by atoms with van der Waals surface area (Å²) in [5.74, 6) is 1.38. The number of anilines is 2. The van der Waals surface area contributed by atoms with Crippen LogP contribution in [-0.2, 0) is 0 Å². The van der Waals surface area contributed by atoms with Crippen LogP contribution in [0, 0.1) is 0 Å². The molecule has 2 aromatic carbocycles. The van der Waals surface area contributed by atoms with E-state index >= 15 is 0 Å². The zero-order valence-corrected chi connectivity index (χ0v) is 19.5. The topological polar surface area (TPSA) is 86.5 Å². The van der Waals surface area contributed by atoms with Gasteiger partial charge in [0.25, 0.3) is 5.89 Å². The maximum atomic E-state index is 12.4. The highest BCUT2D eigenvalue weighted by Crippen LogP contribution is 2.22. The molecule has 0 radical (unpaired) electrons. The van der Waals surface area contributed by atoms with Gasteiger partial charge in [-0.1, -0.05) is 37.2 Å². The third-order valence-electron chi connectivity index (χ3n) is 5.96. The molecule has 2 N–H and O–H groups in total. The van der Waals surface area contributed by atoms with E-state index in [1.807, 2.05) is 44.2 Å². The molecule has 1 saturated heterocycles. The predicted octanol–water partition coefficient (Wildman–Crippen LogP) is 4.19. The van der Waals surface area contributed by atoms with E-state index in [-0.39, 0.29) is 18.0 Å².